The molecule has 144 valence electrons. The molecule has 0 spiro atoms. The lowest BCUT2D eigenvalue weighted by Gasteiger charge is -2.12. The average Bonchev–Trinajstić information content (AvgIpc) is 2.68. The van der Waals surface area contributed by atoms with Gasteiger partial charge < -0.3 is 15.8 Å². The highest BCUT2D eigenvalue weighted by Crippen LogP contribution is 2.25. The van der Waals surface area contributed by atoms with Crippen LogP contribution in [0.1, 0.15) is 10.4 Å². The molecule has 9 heteroatoms. The Balaban J connectivity index is 1.75. The number of hydrogen-bond acceptors (Lipinski definition) is 6. The number of amides is 1. The van der Waals surface area contributed by atoms with Gasteiger partial charge in [0.2, 0.25) is 0 Å². The van der Waals surface area contributed by atoms with E-state index in [1.54, 1.807) is 24.3 Å². The number of nitrogens with two attached hydrogens (primary N) is 1. The van der Waals surface area contributed by atoms with E-state index in [0.717, 1.165) is 20.6 Å². The monoisotopic (exact) mass is 382 g/mol. The van der Waals surface area contributed by atoms with Crippen molar-refractivity contribution in [3.63, 3.8) is 0 Å². The first kappa shape index (κ1) is 18.9. The SMILES string of the molecule is Cn1c(NC(=O)COC(=O)c2cccc3cccc(N)c23)cc(=O)n(C)c1=O. The van der Waals surface area contributed by atoms with Crippen molar-refractivity contribution in [1.82, 2.24) is 9.13 Å². The number of nitrogen functional groups attached to an aromatic ring is 1. The second kappa shape index (κ2) is 7.39. The predicted octanol–water partition coefficient (Wildman–Crippen LogP) is 0.615. The molecule has 3 N–H and O–H groups in total. The van der Waals surface area contributed by atoms with Gasteiger partial charge in [-0.05, 0) is 17.5 Å². The van der Waals surface area contributed by atoms with E-state index >= 15 is 0 Å². The summed E-state index contributed by atoms with van der Waals surface area (Å²) < 4.78 is 7.08. The molecule has 0 unspecified atom stereocenters. The van der Waals surface area contributed by atoms with Crippen LogP contribution in [0.25, 0.3) is 10.8 Å². The first-order valence-corrected chi connectivity index (χ1v) is 8.31. The van der Waals surface area contributed by atoms with Gasteiger partial charge in [0.05, 0.1) is 5.56 Å². The third-order valence-corrected chi connectivity index (χ3v) is 4.28. The van der Waals surface area contributed by atoms with Crippen LogP contribution in [-0.2, 0) is 23.6 Å². The third-order valence-electron chi connectivity index (χ3n) is 4.28. The number of aromatic nitrogens is 2. The van der Waals surface area contributed by atoms with Crippen LogP contribution >= 0.6 is 0 Å². The van der Waals surface area contributed by atoms with Crippen molar-refractivity contribution in [2.45, 2.75) is 0 Å². The van der Waals surface area contributed by atoms with Gasteiger partial charge in [-0.3, -0.25) is 18.7 Å². The smallest absolute Gasteiger partial charge is 0.339 e. The van der Waals surface area contributed by atoms with Crippen LogP contribution in [0.4, 0.5) is 11.5 Å². The minimum Gasteiger partial charge on any atom is -0.452 e. The normalized spacial score (nSPS) is 10.6. The molecule has 1 aromatic heterocycles. The Morgan fingerprint density at radius 1 is 1.07 bits per heavy atom. The maximum absolute atomic E-state index is 12.4. The molecular weight excluding hydrogens is 364 g/mol. The summed E-state index contributed by atoms with van der Waals surface area (Å²) >= 11 is 0. The number of nitrogens with zero attached hydrogens (tertiary/aromatic N) is 2. The lowest BCUT2D eigenvalue weighted by atomic mass is 10.0. The molecule has 3 aromatic rings. The summed E-state index contributed by atoms with van der Waals surface area (Å²) in [5, 5.41) is 3.70. The third kappa shape index (κ3) is 3.50. The molecule has 28 heavy (non-hydrogen) atoms. The van der Waals surface area contributed by atoms with Crippen LogP contribution in [0.3, 0.4) is 0 Å². The van der Waals surface area contributed by atoms with Gasteiger partial charge in [0.15, 0.2) is 6.61 Å². The molecule has 0 radical (unpaired) electrons. The van der Waals surface area contributed by atoms with E-state index in [2.05, 4.69) is 5.32 Å². The molecule has 1 amide bonds. The number of anilines is 2. The maximum Gasteiger partial charge on any atom is 0.339 e. The van der Waals surface area contributed by atoms with Gasteiger partial charge in [-0.25, -0.2) is 9.59 Å². The molecule has 0 atom stereocenters. The molecule has 0 fully saturated rings. The highest BCUT2D eigenvalue weighted by atomic mass is 16.5. The molecule has 0 bridgehead atoms. The lowest BCUT2D eigenvalue weighted by Crippen LogP contribution is -2.38. The number of ether oxygens (including phenoxy) is 1. The first-order chi connectivity index (χ1) is 13.3. The fourth-order valence-corrected chi connectivity index (χ4v) is 2.78. The number of nitrogens with one attached hydrogen (secondary N) is 1. The summed E-state index contributed by atoms with van der Waals surface area (Å²) in [5.74, 6) is -1.40. The highest BCUT2D eigenvalue weighted by Gasteiger charge is 2.16. The van der Waals surface area contributed by atoms with E-state index in [-0.39, 0.29) is 11.4 Å². The molecule has 0 aliphatic rings. The summed E-state index contributed by atoms with van der Waals surface area (Å²) in [6, 6.07) is 11.4. The minimum atomic E-state index is -0.712. The van der Waals surface area contributed by atoms with Gasteiger partial charge in [0.1, 0.15) is 5.82 Å². The molecule has 2 aromatic carbocycles. The molecule has 9 nitrogen and oxygen atoms in total. The van der Waals surface area contributed by atoms with Gasteiger partial charge in [0, 0.05) is 31.2 Å². The highest BCUT2D eigenvalue weighted by molar-refractivity contribution is 6.09. The number of carbonyl (C=O) groups excluding carboxylic acids is 2. The lowest BCUT2D eigenvalue weighted by molar-refractivity contribution is -0.119. The van der Waals surface area contributed by atoms with Crippen molar-refractivity contribution in [2.24, 2.45) is 14.1 Å². The summed E-state index contributed by atoms with van der Waals surface area (Å²) in [5.41, 5.74) is 5.46. The van der Waals surface area contributed by atoms with Gasteiger partial charge >= 0.3 is 11.7 Å². The Morgan fingerprint density at radius 2 is 1.75 bits per heavy atom. The summed E-state index contributed by atoms with van der Waals surface area (Å²) in [4.78, 5) is 48.1. The van der Waals surface area contributed by atoms with Crippen molar-refractivity contribution in [1.29, 1.82) is 0 Å². The Hall–Kier alpha value is -3.88. The van der Waals surface area contributed by atoms with Crippen LogP contribution < -0.4 is 22.3 Å². The average molecular weight is 382 g/mol. The van der Waals surface area contributed by atoms with Crippen molar-refractivity contribution in [3.8, 4) is 0 Å². The molecular formula is C19H18N4O5. The Labute approximate surface area is 159 Å². The van der Waals surface area contributed by atoms with Crippen molar-refractivity contribution in [3.05, 3.63) is 68.9 Å². The summed E-state index contributed by atoms with van der Waals surface area (Å²) in [6.45, 7) is -0.592. The molecule has 3 rings (SSSR count). The van der Waals surface area contributed by atoms with Crippen LogP contribution in [-0.4, -0.2) is 27.6 Å². The number of rotatable bonds is 4. The van der Waals surface area contributed by atoms with Crippen molar-refractivity contribution >= 4 is 34.2 Å². The zero-order chi connectivity index (χ0) is 20.4. The van der Waals surface area contributed by atoms with Gasteiger partial charge in [0.25, 0.3) is 11.5 Å². The Bertz CT molecular complexity index is 1200. The number of hydrogen-bond donors (Lipinski definition) is 2. The van der Waals surface area contributed by atoms with Crippen molar-refractivity contribution in [2.75, 3.05) is 17.7 Å². The van der Waals surface area contributed by atoms with E-state index in [0.29, 0.717) is 11.1 Å². The van der Waals surface area contributed by atoms with Crippen LogP contribution in [0.2, 0.25) is 0 Å². The molecule has 1 heterocycles. The largest absolute Gasteiger partial charge is 0.452 e. The topological polar surface area (TPSA) is 125 Å². The number of esters is 1. The Morgan fingerprint density at radius 3 is 2.46 bits per heavy atom. The summed E-state index contributed by atoms with van der Waals surface area (Å²) in [7, 11) is 2.73. The number of fused-ring (bicyclic) bond motifs is 1. The van der Waals surface area contributed by atoms with Crippen LogP contribution in [0.5, 0.6) is 0 Å². The molecule has 0 aliphatic heterocycles. The second-order valence-corrected chi connectivity index (χ2v) is 6.14. The first-order valence-electron chi connectivity index (χ1n) is 8.31. The quantitative estimate of drug-likeness (QED) is 0.503. The predicted molar refractivity (Wildman–Crippen MR) is 104 cm³/mol. The summed E-state index contributed by atoms with van der Waals surface area (Å²) in [6.07, 6.45) is 0. The van der Waals surface area contributed by atoms with E-state index in [9.17, 15) is 19.2 Å². The maximum atomic E-state index is 12.4. The number of carbonyl (C=O) groups is 2. The van der Waals surface area contributed by atoms with E-state index in [1.165, 1.54) is 14.1 Å². The molecule has 0 saturated heterocycles. The molecule has 0 aliphatic carbocycles. The number of benzene rings is 2. The zero-order valence-electron chi connectivity index (χ0n) is 15.3. The minimum absolute atomic E-state index is 0.00329. The fourth-order valence-electron chi connectivity index (χ4n) is 2.78. The fraction of sp³-hybridized carbons (Fsp3) is 0.158. The van der Waals surface area contributed by atoms with Gasteiger partial charge in [-0.1, -0.05) is 24.3 Å². The van der Waals surface area contributed by atoms with E-state index in [4.69, 9.17) is 10.5 Å². The van der Waals surface area contributed by atoms with E-state index in [1.807, 2.05) is 12.1 Å². The van der Waals surface area contributed by atoms with Gasteiger partial charge in [-0.2, -0.15) is 0 Å². The zero-order valence-corrected chi connectivity index (χ0v) is 15.3. The standard InChI is InChI=1S/C19H18N4O5/c1-22-14(9-16(25)23(2)19(22)27)21-15(24)10-28-18(26)12-7-3-5-11-6-4-8-13(20)17(11)12/h3-9H,10,20H2,1-2H3,(H,21,24). The Kier molecular flexibility index (Phi) is 4.99. The second-order valence-electron chi connectivity index (χ2n) is 6.14. The van der Waals surface area contributed by atoms with Crippen LogP contribution in [0.15, 0.2) is 52.1 Å². The van der Waals surface area contributed by atoms with Crippen LogP contribution in [0, 0.1) is 0 Å². The van der Waals surface area contributed by atoms with Gasteiger partial charge in [-0.15, -0.1) is 0 Å². The van der Waals surface area contributed by atoms with Crippen molar-refractivity contribution < 1.29 is 14.3 Å². The molecule has 0 saturated carbocycles. The van der Waals surface area contributed by atoms with E-state index < -0.39 is 29.7 Å².